The summed E-state index contributed by atoms with van der Waals surface area (Å²) >= 11 is 0. The molecule has 0 aromatic rings. The van der Waals surface area contributed by atoms with Crippen LogP contribution in [0, 0.1) is 5.92 Å². The van der Waals surface area contributed by atoms with E-state index in [0.717, 1.165) is 0 Å². The highest BCUT2D eigenvalue weighted by molar-refractivity contribution is 5.80. The summed E-state index contributed by atoms with van der Waals surface area (Å²) in [6.07, 6.45) is -1.10. The summed E-state index contributed by atoms with van der Waals surface area (Å²) in [5, 5.41) is 11.3. The molecule has 0 saturated carbocycles. The maximum atomic E-state index is 11.4. The Labute approximate surface area is 84.9 Å². The predicted octanol–water partition coefficient (Wildman–Crippen LogP) is 0.493. The number of hydrogen-bond acceptors (Lipinski definition) is 4. The number of hydrogen-bond donors (Lipinski definition) is 2. The van der Waals surface area contributed by atoms with Gasteiger partial charge in [-0.05, 0) is 19.9 Å². The maximum Gasteiger partial charge on any atom is 0.344 e. The van der Waals surface area contributed by atoms with Crippen LogP contribution in [0.3, 0.4) is 0 Å². The number of carboxylic acid groups (broad SMARTS) is 1. The van der Waals surface area contributed by atoms with Crippen LogP contribution >= 0.6 is 0 Å². The van der Waals surface area contributed by atoms with Gasteiger partial charge in [0.05, 0.1) is 0 Å². The normalized spacial score (nSPS) is 14.9. The third-order valence-corrected chi connectivity index (χ3v) is 1.87. The number of carbonyl (C=O) groups is 2. The van der Waals surface area contributed by atoms with Gasteiger partial charge in [-0.25, -0.2) is 4.79 Å². The minimum atomic E-state index is -1.14. The Morgan fingerprint density at radius 2 is 1.86 bits per heavy atom. The van der Waals surface area contributed by atoms with Crippen molar-refractivity contribution in [3.8, 4) is 0 Å². The standard InChI is InChI=1S/C9H17NO4.H2/c1-5(2)7(10-4)9(13)14-6(3)8(11)12;/h5-7,10H,1-4H3,(H,11,12);1H/i;1+1. The van der Waals surface area contributed by atoms with Gasteiger partial charge in [0.15, 0.2) is 6.10 Å². The molecule has 0 aliphatic rings. The Kier molecular flexibility index (Phi) is 5.15. The summed E-state index contributed by atoms with van der Waals surface area (Å²) in [6.45, 7) is 5.04. The first-order chi connectivity index (χ1) is 6.40. The first-order valence-corrected chi connectivity index (χ1v) is 4.50. The summed E-state index contributed by atoms with van der Waals surface area (Å²) in [4.78, 5) is 21.8. The molecule has 5 nitrogen and oxygen atoms in total. The average molecular weight is 206 g/mol. The van der Waals surface area contributed by atoms with Gasteiger partial charge in [-0.15, -0.1) is 0 Å². The highest BCUT2D eigenvalue weighted by Gasteiger charge is 2.25. The minimum Gasteiger partial charge on any atom is -0.479 e. The van der Waals surface area contributed by atoms with Gasteiger partial charge >= 0.3 is 11.9 Å². The molecule has 0 radical (unpaired) electrons. The fourth-order valence-electron chi connectivity index (χ4n) is 1.02. The van der Waals surface area contributed by atoms with Crippen molar-refractivity contribution in [2.75, 3.05) is 7.05 Å². The number of carbonyl (C=O) groups excluding carboxylic acids is 1. The molecular weight excluding hydrogens is 186 g/mol. The molecule has 0 aromatic heterocycles. The number of nitrogens with one attached hydrogen (secondary N) is 1. The van der Waals surface area contributed by atoms with Crippen LogP contribution < -0.4 is 5.32 Å². The Bertz CT molecular complexity index is 220. The molecule has 0 bridgehead atoms. The van der Waals surface area contributed by atoms with Crippen molar-refractivity contribution in [1.82, 2.24) is 5.32 Å². The minimum absolute atomic E-state index is 0. The molecule has 0 heterocycles. The molecule has 0 spiro atoms. The molecule has 0 fully saturated rings. The number of ether oxygens (including phenoxy) is 1. The molecule has 0 amide bonds. The molecule has 0 rings (SSSR count). The van der Waals surface area contributed by atoms with E-state index < -0.39 is 24.1 Å². The molecular formula is C9H19NO4. The highest BCUT2D eigenvalue weighted by Crippen LogP contribution is 2.05. The molecule has 5 heteroatoms. The van der Waals surface area contributed by atoms with E-state index in [-0.39, 0.29) is 7.34 Å². The number of likely N-dealkylation sites (N-methyl/N-ethyl adjacent to an activating group) is 1. The van der Waals surface area contributed by atoms with Gasteiger partial charge in [0.1, 0.15) is 6.04 Å². The number of esters is 1. The van der Waals surface area contributed by atoms with E-state index in [1.54, 1.807) is 7.05 Å². The van der Waals surface area contributed by atoms with Gasteiger partial charge in [-0.3, -0.25) is 4.79 Å². The summed E-state index contributed by atoms with van der Waals surface area (Å²) in [5.74, 6) is -1.61. The smallest absolute Gasteiger partial charge is 0.344 e. The van der Waals surface area contributed by atoms with Gasteiger partial charge in [0, 0.05) is 1.43 Å². The second-order valence-corrected chi connectivity index (χ2v) is 3.43. The van der Waals surface area contributed by atoms with Crippen LogP contribution in [-0.4, -0.2) is 36.2 Å². The quantitative estimate of drug-likeness (QED) is 0.640. The summed E-state index contributed by atoms with van der Waals surface area (Å²) in [7, 11) is 1.64. The number of aliphatic carboxylic acids is 1. The van der Waals surface area contributed by atoms with Crippen LogP contribution in [0.4, 0.5) is 0 Å². The second-order valence-electron chi connectivity index (χ2n) is 3.43. The van der Waals surface area contributed by atoms with Crippen LogP contribution in [-0.2, 0) is 14.3 Å². The topological polar surface area (TPSA) is 75.6 Å². The van der Waals surface area contributed by atoms with Crippen LogP contribution in [0.5, 0.6) is 0 Å². The lowest BCUT2D eigenvalue weighted by Crippen LogP contribution is -2.42. The van der Waals surface area contributed by atoms with Crippen molar-refractivity contribution in [3.63, 3.8) is 0 Å². The van der Waals surface area contributed by atoms with Gasteiger partial charge in [0.25, 0.3) is 0 Å². The Hall–Kier alpha value is -1.10. The van der Waals surface area contributed by atoms with E-state index in [9.17, 15) is 9.59 Å². The summed E-state index contributed by atoms with van der Waals surface area (Å²) in [5.41, 5.74) is 0. The zero-order chi connectivity index (χ0) is 11.3. The molecule has 84 valence electrons. The van der Waals surface area contributed by atoms with Crippen molar-refractivity contribution in [2.45, 2.75) is 32.9 Å². The van der Waals surface area contributed by atoms with Crippen LogP contribution in [0.25, 0.3) is 0 Å². The molecule has 0 aliphatic heterocycles. The average Bonchev–Trinajstić information content (AvgIpc) is 2.04. The van der Waals surface area contributed by atoms with Gasteiger partial charge in [-0.1, -0.05) is 13.8 Å². The van der Waals surface area contributed by atoms with Crippen molar-refractivity contribution < 1.29 is 20.9 Å². The van der Waals surface area contributed by atoms with Crippen molar-refractivity contribution in [1.29, 1.82) is 0 Å². The zero-order valence-corrected chi connectivity index (χ0v) is 8.90. The molecule has 0 aromatic carbocycles. The van der Waals surface area contributed by atoms with Crippen LogP contribution in [0.1, 0.15) is 22.2 Å². The first-order valence-electron chi connectivity index (χ1n) is 4.50. The number of rotatable bonds is 5. The maximum absolute atomic E-state index is 11.4. The van der Waals surface area contributed by atoms with E-state index in [4.69, 9.17) is 9.84 Å². The fraction of sp³-hybridized carbons (Fsp3) is 0.778. The van der Waals surface area contributed by atoms with Crippen molar-refractivity contribution in [3.05, 3.63) is 0 Å². The SMILES string of the molecule is CNC(C(=O)OC(C)C(=O)O)C(C)C.[2HH]. The molecule has 2 unspecified atom stereocenters. The van der Waals surface area contributed by atoms with Crippen LogP contribution in [0.15, 0.2) is 0 Å². The van der Waals surface area contributed by atoms with Crippen molar-refractivity contribution >= 4 is 11.9 Å². The van der Waals surface area contributed by atoms with Crippen LogP contribution in [0.2, 0.25) is 0 Å². The first kappa shape index (κ1) is 12.9. The Morgan fingerprint density at radius 3 is 2.14 bits per heavy atom. The Balaban J connectivity index is 0. The number of carboxylic acids is 1. The monoisotopic (exact) mass is 206 g/mol. The molecule has 0 saturated heterocycles. The lowest BCUT2D eigenvalue weighted by Gasteiger charge is -2.19. The van der Waals surface area contributed by atoms with Gasteiger partial charge in [-0.2, -0.15) is 0 Å². The van der Waals surface area contributed by atoms with Crippen molar-refractivity contribution in [2.24, 2.45) is 5.92 Å². The Morgan fingerprint density at radius 1 is 1.36 bits per heavy atom. The molecule has 2 atom stereocenters. The lowest BCUT2D eigenvalue weighted by molar-refractivity contribution is -0.164. The molecule has 0 aliphatic carbocycles. The molecule has 14 heavy (non-hydrogen) atoms. The third-order valence-electron chi connectivity index (χ3n) is 1.87. The zero-order valence-electron chi connectivity index (χ0n) is 8.90. The second kappa shape index (κ2) is 5.59. The van der Waals surface area contributed by atoms with Gasteiger partial charge in [0.2, 0.25) is 0 Å². The fourth-order valence-corrected chi connectivity index (χ4v) is 1.02. The van der Waals surface area contributed by atoms with Gasteiger partial charge < -0.3 is 15.2 Å². The van der Waals surface area contributed by atoms with E-state index >= 15 is 0 Å². The highest BCUT2D eigenvalue weighted by atomic mass is 16.6. The lowest BCUT2D eigenvalue weighted by atomic mass is 10.1. The largest absolute Gasteiger partial charge is 0.479 e. The van der Waals surface area contributed by atoms with E-state index in [1.807, 2.05) is 13.8 Å². The third kappa shape index (κ3) is 3.74. The van der Waals surface area contributed by atoms with E-state index in [2.05, 4.69) is 5.32 Å². The van der Waals surface area contributed by atoms with E-state index in [1.165, 1.54) is 6.92 Å². The summed E-state index contributed by atoms with van der Waals surface area (Å²) < 4.78 is 4.73. The molecule has 2 N–H and O–H groups in total. The van der Waals surface area contributed by atoms with E-state index in [0.29, 0.717) is 0 Å². The summed E-state index contributed by atoms with van der Waals surface area (Å²) in [6, 6.07) is -0.461. The predicted molar refractivity (Wildman–Crippen MR) is 53.0 cm³/mol.